The predicted molar refractivity (Wildman–Crippen MR) is 266 cm³/mol. The molecule has 4 aliphatic rings. The number of rotatable bonds is 12. The molecule has 342 valence electrons. The van der Waals surface area contributed by atoms with Crippen molar-refractivity contribution in [2.24, 2.45) is 0 Å². The van der Waals surface area contributed by atoms with E-state index in [9.17, 15) is 0 Å². The second kappa shape index (κ2) is 22.6. The lowest BCUT2D eigenvalue weighted by Gasteiger charge is -2.42. The summed E-state index contributed by atoms with van der Waals surface area (Å²) >= 11 is 3.60. The number of H-pyrrole nitrogens is 1. The van der Waals surface area contributed by atoms with Crippen LogP contribution in [0.4, 0.5) is 0 Å². The minimum absolute atomic E-state index is 0.195. The molecule has 4 aliphatic heterocycles. The van der Waals surface area contributed by atoms with Crippen LogP contribution in [-0.2, 0) is 4.79 Å². The van der Waals surface area contributed by atoms with E-state index in [0.29, 0.717) is 11.8 Å². The minimum atomic E-state index is -1.22. The van der Waals surface area contributed by atoms with E-state index in [4.69, 9.17) is 23.8 Å². The molecular formula is C55H65N3O5S2. The summed E-state index contributed by atoms with van der Waals surface area (Å²) in [4.78, 5) is 23.0. The van der Waals surface area contributed by atoms with Crippen molar-refractivity contribution < 1.29 is 23.8 Å². The average molecular weight is 912 g/mol. The number of benzene rings is 4. The monoisotopic (exact) mass is 911 g/mol. The van der Waals surface area contributed by atoms with Crippen LogP contribution < -0.4 is 9.47 Å². The summed E-state index contributed by atoms with van der Waals surface area (Å²) in [6, 6.07) is 31.9. The molecule has 4 fully saturated rings. The molecule has 4 unspecified atom stereocenters. The van der Waals surface area contributed by atoms with Gasteiger partial charge in [-0.05, 0) is 182 Å². The van der Waals surface area contributed by atoms with Gasteiger partial charge in [0.2, 0.25) is 0 Å². The zero-order chi connectivity index (χ0) is 45.1. The zero-order valence-electron chi connectivity index (χ0n) is 38.3. The first-order valence-corrected chi connectivity index (χ1v) is 25.5. The molecule has 4 saturated heterocycles. The molecule has 6 aromatic rings. The highest BCUT2D eigenvalue weighted by Crippen LogP contribution is 2.43. The molecule has 2 N–H and O–H groups in total. The molecule has 8 nitrogen and oxygen atoms in total. The first kappa shape index (κ1) is 46.7. The molecule has 0 saturated carbocycles. The highest BCUT2D eigenvalue weighted by molar-refractivity contribution is 7.99. The van der Waals surface area contributed by atoms with Gasteiger partial charge in [0.1, 0.15) is 17.1 Å². The van der Waals surface area contributed by atoms with E-state index in [1.54, 1.807) is 11.8 Å². The highest BCUT2D eigenvalue weighted by atomic mass is 32.2. The second-order valence-electron chi connectivity index (χ2n) is 18.2. The molecular weight excluding hydrogens is 847 g/mol. The number of unbranched alkanes of at least 4 members (excludes halogenated alkanes) is 1. The summed E-state index contributed by atoms with van der Waals surface area (Å²) in [5, 5.41) is 10.2. The quantitative estimate of drug-likeness (QED) is 0.0920. The molecule has 0 bridgehead atoms. The molecule has 10 heteroatoms. The van der Waals surface area contributed by atoms with Crippen molar-refractivity contribution >= 4 is 51.4 Å². The third-order valence-corrected chi connectivity index (χ3v) is 15.4. The number of furan rings is 1. The predicted octanol–water partition coefficient (Wildman–Crippen LogP) is 13.6. The van der Waals surface area contributed by atoms with E-state index >= 15 is 0 Å². The molecule has 0 amide bonds. The molecule has 4 aromatic carbocycles. The van der Waals surface area contributed by atoms with Gasteiger partial charge in [-0.25, -0.2) is 4.79 Å². The largest absolute Gasteiger partial charge is 0.492 e. The fraction of sp³-hybridized carbons (Fsp3) is 0.436. The van der Waals surface area contributed by atoms with Crippen LogP contribution >= 0.6 is 23.5 Å². The number of nitrogens with zero attached hydrogens (tertiary/aromatic N) is 2. The minimum Gasteiger partial charge on any atom is -0.492 e. The van der Waals surface area contributed by atoms with Crippen molar-refractivity contribution in [1.29, 1.82) is 0 Å². The van der Waals surface area contributed by atoms with Crippen molar-refractivity contribution in [3.8, 4) is 23.8 Å². The number of fused-ring (bicyclic) bond motifs is 4. The third-order valence-electron chi connectivity index (χ3n) is 13.4. The lowest BCUT2D eigenvalue weighted by atomic mass is 9.82. The number of terminal acetylenes is 1. The Balaban J connectivity index is 0.000000161. The SMILES string of the molecule is C#CC(=O)O.CC(C)Oc1cccc(Sc2ccc3[nH]cc(C4CCN5CCCC5C4)c3c2)c1.CCCCOc1ccccc1Sc1ccc2occ(C3CCN4CCCCC4C3)c2c1. The van der Waals surface area contributed by atoms with Crippen molar-refractivity contribution in [2.75, 3.05) is 32.8 Å². The maximum atomic E-state index is 9.13. The summed E-state index contributed by atoms with van der Waals surface area (Å²) in [5.41, 5.74) is 5.20. The number of carbonyl (C=O) groups is 1. The maximum absolute atomic E-state index is 9.13. The van der Waals surface area contributed by atoms with E-state index < -0.39 is 5.97 Å². The number of ether oxygens (including phenoxy) is 2. The zero-order valence-corrected chi connectivity index (χ0v) is 39.9. The lowest BCUT2D eigenvalue weighted by molar-refractivity contribution is -0.130. The van der Waals surface area contributed by atoms with Crippen LogP contribution in [-0.4, -0.2) is 76.8 Å². The van der Waals surface area contributed by atoms with Crippen molar-refractivity contribution in [3.63, 3.8) is 0 Å². The van der Waals surface area contributed by atoms with E-state index in [-0.39, 0.29) is 6.10 Å². The summed E-state index contributed by atoms with van der Waals surface area (Å²) in [5.74, 6) is 3.46. The molecule has 10 rings (SSSR count). The van der Waals surface area contributed by atoms with Crippen LogP contribution in [0.3, 0.4) is 0 Å². The van der Waals surface area contributed by atoms with Gasteiger partial charge in [0.05, 0.1) is 23.9 Å². The van der Waals surface area contributed by atoms with Crippen LogP contribution in [0.2, 0.25) is 0 Å². The average Bonchev–Trinajstić information content (AvgIpc) is 4.08. The molecule has 0 radical (unpaired) electrons. The number of hydrogen-bond donors (Lipinski definition) is 2. The van der Waals surface area contributed by atoms with E-state index in [2.05, 4.69) is 127 Å². The Kier molecular flexibility index (Phi) is 16.3. The van der Waals surface area contributed by atoms with Crippen LogP contribution in [0.15, 0.2) is 121 Å². The third kappa shape index (κ3) is 12.2. The smallest absolute Gasteiger partial charge is 0.381 e. The van der Waals surface area contributed by atoms with Gasteiger partial charge in [-0.2, -0.15) is 0 Å². The van der Waals surface area contributed by atoms with Crippen LogP contribution in [0.1, 0.15) is 114 Å². The number of carboxylic acids is 1. The normalized spacial score (nSPS) is 20.8. The number of hydrogen-bond acceptors (Lipinski definition) is 8. The number of nitrogens with one attached hydrogen (secondary N) is 1. The Morgan fingerprint density at radius 2 is 1.51 bits per heavy atom. The number of carboxylic acid groups (broad SMARTS) is 1. The summed E-state index contributed by atoms with van der Waals surface area (Å²) in [7, 11) is 0. The molecule has 2 aromatic heterocycles. The Bertz CT molecular complexity index is 2540. The number of aliphatic carboxylic acids is 1. The van der Waals surface area contributed by atoms with E-state index in [1.807, 2.05) is 24.1 Å². The van der Waals surface area contributed by atoms with Gasteiger partial charge in [-0.15, -0.1) is 6.42 Å². The van der Waals surface area contributed by atoms with Gasteiger partial charge >= 0.3 is 5.97 Å². The lowest BCUT2D eigenvalue weighted by Crippen LogP contribution is -2.44. The topological polar surface area (TPSA) is 91.2 Å². The van der Waals surface area contributed by atoms with E-state index in [1.165, 1.54) is 137 Å². The summed E-state index contributed by atoms with van der Waals surface area (Å²) in [6.07, 6.45) is 23.1. The maximum Gasteiger partial charge on any atom is 0.381 e. The first-order chi connectivity index (χ1) is 31.7. The number of aromatic nitrogens is 1. The van der Waals surface area contributed by atoms with Gasteiger partial charge in [0.25, 0.3) is 0 Å². The van der Waals surface area contributed by atoms with Crippen LogP contribution in [0.25, 0.3) is 21.9 Å². The van der Waals surface area contributed by atoms with Crippen molar-refractivity contribution in [3.05, 3.63) is 109 Å². The molecule has 4 atom stereocenters. The van der Waals surface area contributed by atoms with Gasteiger partial charge in [-0.1, -0.05) is 61.5 Å². The van der Waals surface area contributed by atoms with Crippen LogP contribution in [0.5, 0.6) is 11.5 Å². The highest BCUT2D eigenvalue weighted by Gasteiger charge is 2.34. The van der Waals surface area contributed by atoms with Crippen LogP contribution in [0, 0.1) is 12.3 Å². The fourth-order valence-corrected chi connectivity index (χ4v) is 12.1. The Hall–Kier alpha value is -4.79. The standard InChI is InChI=1S/C27H33NO2S.C25H30N2OS.C3H2O2/c1-2-3-16-29-26-9-4-5-10-27(26)31-22-11-12-25-23(18-22)24(19-30-25)20-13-15-28-14-7-6-8-21(28)17-20;1-17(2)28-20-6-3-7-21(14-20)29-22-8-9-25-23(15-22)24(16-26-25)18-10-12-27-11-4-5-19(27)13-18;1-2-3(4)5/h4-5,9-12,18-21H,2-3,6-8,13-17H2,1H3;3,6-9,14-19,26H,4-5,10-13H2,1-2H3;1H,(H,4,5). The fourth-order valence-electron chi connectivity index (χ4n) is 10.2. The second-order valence-corrected chi connectivity index (χ2v) is 20.5. The Labute approximate surface area is 394 Å². The van der Waals surface area contributed by atoms with Crippen molar-refractivity contribution in [2.45, 2.75) is 141 Å². The van der Waals surface area contributed by atoms with Gasteiger partial charge < -0.3 is 33.8 Å². The van der Waals surface area contributed by atoms with Gasteiger partial charge in [0.15, 0.2) is 0 Å². The number of para-hydroxylation sites is 1. The number of aromatic amines is 1. The van der Waals surface area contributed by atoms with E-state index in [0.717, 1.165) is 48.6 Å². The molecule has 6 heterocycles. The summed E-state index contributed by atoms with van der Waals surface area (Å²) in [6.45, 7) is 12.2. The Morgan fingerprint density at radius 1 is 0.815 bits per heavy atom. The molecule has 65 heavy (non-hydrogen) atoms. The molecule has 0 aliphatic carbocycles. The van der Waals surface area contributed by atoms with Crippen molar-refractivity contribution in [1.82, 2.24) is 14.8 Å². The summed E-state index contributed by atoms with van der Waals surface area (Å²) < 4.78 is 17.9. The van der Waals surface area contributed by atoms with Gasteiger partial charge in [0, 0.05) is 60.7 Å². The first-order valence-electron chi connectivity index (χ1n) is 23.9. The van der Waals surface area contributed by atoms with Gasteiger partial charge in [-0.3, -0.25) is 0 Å². The Morgan fingerprint density at radius 3 is 2.28 bits per heavy atom. The number of piperidine rings is 3. The molecule has 0 spiro atoms.